The van der Waals surface area contributed by atoms with Crippen molar-refractivity contribution >= 4 is 10.8 Å². The minimum absolute atomic E-state index is 0.140. The van der Waals surface area contributed by atoms with Gasteiger partial charge in [-0.1, -0.05) is 48.5 Å². The van der Waals surface area contributed by atoms with Gasteiger partial charge in [-0.15, -0.1) is 0 Å². The minimum atomic E-state index is -0.648. The molecule has 3 nitrogen and oxygen atoms in total. The lowest BCUT2D eigenvalue weighted by atomic mass is 9.88. The van der Waals surface area contributed by atoms with E-state index < -0.39 is 6.10 Å². The second-order valence-corrected chi connectivity index (χ2v) is 5.18. The van der Waals surface area contributed by atoms with Gasteiger partial charge in [0, 0.05) is 24.9 Å². The van der Waals surface area contributed by atoms with Crippen molar-refractivity contribution in [3.63, 3.8) is 0 Å². The summed E-state index contributed by atoms with van der Waals surface area (Å²) in [4.78, 5) is 4.07. The normalized spacial score (nSPS) is 14.0. The predicted molar refractivity (Wildman–Crippen MR) is 84.9 cm³/mol. The summed E-state index contributed by atoms with van der Waals surface area (Å²) >= 11 is 0. The molecule has 2 aromatic carbocycles. The Kier molecular flexibility index (Phi) is 3.95. The van der Waals surface area contributed by atoms with E-state index in [2.05, 4.69) is 29.2 Å². The Hall–Kier alpha value is -2.23. The number of pyridine rings is 1. The van der Waals surface area contributed by atoms with Gasteiger partial charge in [0.2, 0.25) is 0 Å². The molecule has 0 aliphatic rings. The van der Waals surface area contributed by atoms with Crippen LogP contribution in [0.15, 0.2) is 67.0 Å². The summed E-state index contributed by atoms with van der Waals surface area (Å²) in [6.45, 7) is 0.383. The van der Waals surface area contributed by atoms with E-state index in [-0.39, 0.29) is 5.92 Å². The third-order valence-electron chi connectivity index (χ3n) is 3.86. The summed E-state index contributed by atoms with van der Waals surface area (Å²) in [5.41, 5.74) is 7.75. The monoisotopic (exact) mass is 278 g/mol. The standard InChI is InChI=1S/C18H18N2O/c19-11-17(18(21)16-6-3-9-20-12-16)15-8-7-13-4-1-2-5-14(13)10-15/h1-10,12,17-18,21H,11,19H2. The molecule has 0 aliphatic heterocycles. The molecule has 0 radical (unpaired) electrons. The maximum Gasteiger partial charge on any atom is 0.0885 e. The summed E-state index contributed by atoms with van der Waals surface area (Å²) in [5.74, 6) is -0.140. The molecule has 1 aromatic heterocycles. The van der Waals surface area contributed by atoms with Crippen molar-refractivity contribution in [3.05, 3.63) is 78.1 Å². The van der Waals surface area contributed by atoms with Crippen LogP contribution >= 0.6 is 0 Å². The quantitative estimate of drug-likeness (QED) is 0.771. The van der Waals surface area contributed by atoms with Crippen molar-refractivity contribution in [2.75, 3.05) is 6.54 Å². The Bertz CT molecular complexity index is 727. The van der Waals surface area contributed by atoms with Gasteiger partial charge in [0.25, 0.3) is 0 Å². The summed E-state index contributed by atoms with van der Waals surface area (Å²) in [5, 5.41) is 12.9. The SMILES string of the molecule is NCC(c1ccc2ccccc2c1)C(O)c1cccnc1. The summed E-state index contributed by atoms with van der Waals surface area (Å²) in [6, 6.07) is 18.1. The lowest BCUT2D eigenvalue weighted by Gasteiger charge is -2.22. The van der Waals surface area contributed by atoms with Crippen LogP contribution in [0.2, 0.25) is 0 Å². The second kappa shape index (κ2) is 6.04. The van der Waals surface area contributed by atoms with Crippen LogP contribution in [0.1, 0.15) is 23.1 Å². The number of aliphatic hydroxyl groups is 1. The maximum atomic E-state index is 10.6. The first-order valence-electron chi connectivity index (χ1n) is 7.06. The largest absolute Gasteiger partial charge is 0.388 e. The first-order valence-corrected chi connectivity index (χ1v) is 7.06. The fraction of sp³-hybridized carbons (Fsp3) is 0.167. The van der Waals surface area contributed by atoms with Crippen LogP contribution < -0.4 is 5.73 Å². The molecule has 3 N–H and O–H groups in total. The zero-order valence-corrected chi connectivity index (χ0v) is 11.7. The van der Waals surface area contributed by atoms with E-state index in [9.17, 15) is 5.11 Å². The van der Waals surface area contributed by atoms with Crippen LogP contribution in [0.3, 0.4) is 0 Å². The number of fused-ring (bicyclic) bond motifs is 1. The van der Waals surface area contributed by atoms with Crippen molar-refractivity contribution in [3.8, 4) is 0 Å². The van der Waals surface area contributed by atoms with Crippen LogP contribution in [-0.2, 0) is 0 Å². The molecule has 3 aromatic rings. The Morgan fingerprint density at radius 2 is 1.76 bits per heavy atom. The summed E-state index contributed by atoms with van der Waals surface area (Å²) < 4.78 is 0. The highest BCUT2D eigenvalue weighted by Gasteiger charge is 2.21. The molecular weight excluding hydrogens is 260 g/mol. The number of aliphatic hydroxyl groups excluding tert-OH is 1. The highest BCUT2D eigenvalue weighted by atomic mass is 16.3. The van der Waals surface area contributed by atoms with Gasteiger partial charge >= 0.3 is 0 Å². The lowest BCUT2D eigenvalue weighted by molar-refractivity contribution is 0.147. The predicted octanol–water partition coefficient (Wildman–Crippen LogP) is 3.01. The third-order valence-corrected chi connectivity index (χ3v) is 3.86. The number of rotatable bonds is 4. The van der Waals surface area contributed by atoms with Crippen molar-refractivity contribution in [1.29, 1.82) is 0 Å². The molecule has 21 heavy (non-hydrogen) atoms. The molecule has 0 saturated carbocycles. The molecule has 2 unspecified atom stereocenters. The van der Waals surface area contributed by atoms with Gasteiger partial charge in [-0.25, -0.2) is 0 Å². The minimum Gasteiger partial charge on any atom is -0.388 e. The van der Waals surface area contributed by atoms with Crippen molar-refractivity contribution in [1.82, 2.24) is 4.98 Å². The number of nitrogens with two attached hydrogens (primary N) is 1. The Balaban J connectivity index is 1.98. The van der Waals surface area contributed by atoms with E-state index in [0.29, 0.717) is 6.54 Å². The van der Waals surface area contributed by atoms with Crippen molar-refractivity contribution < 1.29 is 5.11 Å². The molecule has 2 atom stereocenters. The van der Waals surface area contributed by atoms with Gasteiger partial charge in [-0.3, -0.25) is 4.98 Å². The number of benzene rings is 2. The maximum absolute atomic E-state index is 10.6. The molecule has 0 aliphatic carbocycles. The van der Waals surface area contributed by atoms with Crippen LogP contribution in [0.5, 0.6) is 0 Å². The molecule has 0 saturated heterocycles. The molecule has 0 bridgehead atoms. The second-order valence-electron chi connectivity index (χ2n) is 5.18. The highest BCUT2D eigenvalue weighted by Crippen LogP contribution is 2.31. The Morgan fingerprint density at radius 3 is 2.48 bits per heavy atom. The van der Waals surface area contributed by atoms with Gasteiger partial charge in [-0.05, 0) is 28.0 Å². The molecule has 0 amide bonds. The van der Waals surface area contributed by atoms with Gasteiger partial charge in [0.1, 0.15) is 0 Å². The average Bonchev–Trinajstić information content (AvgIpc) is 2.56. The van der Waals surface area contributed by atoms with Crippen LogP contribution in [-0.4, -0.2) is 16.6 Å². The summed E-state index contributed by atoms with van der Waals surface area (Å²) in [7, 11) is 0. The van der Waals surface area contributed by atoms with Gasteiger partial charge in [-0.2, -0.15) is 0 Å². The highest BCUT2D eigenvalue weighted by molar-refractivity contribution is 5.83. The smallest absolute Gasteiger partial charge is 0.0885 e. The molecule has 106 valence electrons. The molecule has 0 spiro atoms. The number of hydrogen-bond acceptors (Lipinski definition) is 3. The first kappa shape index (κ1) is 13.7. The molecule has 0 fully saturated rings. The van der Waals surface area contributed by atoms with E-state index in [0.717, 1.165) is 16.5 Å². The fourth-order valence-corrected chi connectivity index (χ4v) is 2.67. The number of aromatic nitrogens is 1. The van der Waals surface area contributed by atoms with E-state index in [1.807, 2.05) is 30.3 Å². The van der Waals surface area contributed by atoms with Gasteiger partial charge in [0.15, 0.2) is 0 Å². The third kappa shape index (κ3) is 2.79. The number of nitrogens with zero attached hydrogens (tertiary/aromatic N) is 1. The Morgan fingerprint density at radius 1 is 0.952 bits per heavy atom. The zero-order chi connectivity index (χ0) is 14.7. The number of hydrogen-bond donors (Lipinski definition) is 2. The van der Waals surface area contributed by atoms with Crippen molar-refractivity contribution in [2.24, 2.45) is 5.73 Å². The van der Waals surface area contributed by atoms with Gasteiger partial charge < -0.3 is 10.8 Å². The zero-order valence-electron chi connectivity index (χ0n) is 11.7. The topological polar surface area (TPSA) is 59.1 Å². The summed E-state index contributed by atoms with van der Waals surface area (Å²) in [6.07, 6.45) is 2.74. The van der Waals surface area contributed by atoms with Crippen LogP contribution in [0.4, 0.5) is 0 Å². The van der Waals surface area contributed by atoms with E-state index in [4.69, 9.17) is 5.73 Å². The molecule has 1 heterocycles. The van der Waals surface area contributed by atoms with Gasteiger partial charge in [0.05, 0.1) is 6.10 Å². The van der Waals surface area contributed by atoms with E-state index >= 15 is 0 Å². The van der Waals surface area contributed by atoms with Crippen LogP contribution in [0, 0.1) is 0 Å². The average molecular weight is 278 g/mol. The first-order chi connectivity index (χ1) is 10.3. The van der Waals surface area contributed by atoms with Crippen LogP contribution in [0.25, 0.3) is 10.8 Å². The van der Waals surface area contributed by atoms with E-state index in [1.54, 1.807) is 12.4 Å². The van der Waals surface area contributed by atoms with E-state index in [1.165, 1.54) is 5.39 Å². The lowest BCUT2D eigenvalue weighted by Crippen LogP contribution is -2.20. The molecule has 3 heteroatoms. The molecular formula is C18H18N2O. The van der Waals surface area contributed by atoms with Crippen molar-refractivity contribution in [2.45, 2.75) is 12.0 Å². The Labute approximate surface area is 124 Å². The molecule has 3 rings (SSSR count). The fourth-order valence-electron chi connectivity index (χ4n) is 2.67.